The fourth-order valence-corrected chi connectivity index (χ4v) is 1.83. The molecule has 0 radical (unpaired) electrons. The van der Waals surface area contributed by atoms with E-state index in [0.29, 0.717) is 0 Å². The maximum absolute atomic E-state index is 12.5. The van der Waals surface area contributed by atoms with E-state index in [4.69, 9.17) is 16.3 Å². The van der Waals surface area contributed by atoms with Gasteiger partial charge >= 0.3 is 6.18 Å². The van der Waals surface area contributed by atoms with E-state index < -0.39 is 23.9 Å². The predicted molar refractivity (Wildman–Crippen MR) is 64.3 cm³/mol. The molecule has 0 saturated carbocycles. The van der Waals surface area contributed by atoms with Crippen LogP contribution >= 0.6 is 11.6 Å². The minimum Gasteiger partial charge on any atom is -0.496 e. The van der Waals surface area contributed by atoms with Crippen molar-refractivity contribution in [2.24, 2.45) is 0 Å². The van der Waals surface area contributed by atoms with E-state index in [2.05, 4.69) is 0 Å². The van der Waals surface area contributed by atoms with Gasteiger partial charge in [0.25, 0.3) is 0 Å². The van der Waals surface area contributed by atoms with Gasteiger partial charge in [0.2, 0.25) is 0 Å². The first-order valence-electron chi connectivity index (χ1n) is 5.48. The number of hydrogen-bond acceptors (Lipinski definition) is 3. The summed E-state index contributed by atoms with van der Waals surface area (Å²) in [5.41, 5.74) is -0.791. The molecule has 0 aliphatic carbocycles. The molecule has 2 atom stereocenters. The van der Waals surface area contributed by atoms with Crippen molar-refractivity contribution in [3.05, 3.63) is 29.3 Å². The third-order valence-electron chi connectivity index (χ3n) is 2.65. The standard InChI is InChI=1S/C12H14ClF3O3/c1-19-10-6-7(12(14,15)16)2-3-8(10)11(18)9(17)4-5-13/h2-3,6,9,11,17-18H,4-5H2,1H3. The van der Waals surface area contributed by atoms with Gasteiger partial charge in [0.05, 0.1) is 18.8 Å². The first-order valence-corrected chi connectivity index (χ1v) is 6.02. The van der Waals surface area contributed by atoms with E-state index in [1.54, 1.807) is 0 Å². The van der Waals surface area contributed by atoms with Crippen molar-refractivity contribution in [1.29, 1.82) is 0 Å². The van der Waals surface area contributed by atoms with E-state index >= 15 is 0 Å². The van der Waals surface area contributed by atoms with Gasteiger partial charge in [0.1, 0.15) is 11.9 Å². The highest BCUT2D eigenvalue weighted by molar-refractivity contribution is 6.17. The van der Waals surface area contributed by atoms with Gasteiger partial charge in [-0.2, -0.15) is 13.2 Å². The molecule has 0 aromatic heterocycles. The van der Waals surface area contributed by atoms with E-state index in [1.165, 1.54) is 7.11 Å². The molecule has 2 N–H and O–H groups in total. The lowest BCUT2D eigenvalue weighted by molar-refractivity contribution is -0.137. The molecule has 3 nitrogen and oxygen atoms in total. The number of benzene rings is 1. The van der Waals surface area contributed by atoms with Crippen molar-refractivity contribution in [2.75, 3.05) is 13.0 Å². The van der Waals surface area contributed by atoms with Gasteiger partial charge in [-0.3, -0.25) is 0 Å². The van der Waals surface area contributed by atoms with Crippen molar-refractivity contribution < 1.29 is 28.1 Å². The normalized spacial score (nSPS) is 15.1. The zero-order chi connectivity index (χ0) is 14.6. The van der Waals surface area contributed by atoms with Crippen LogP contribution in [0.3, 0.4) is 0 Å². The van der Waals surface area contributed by atoms with E-state index in [-0.39, 0.29) is 23.6 Å². The molecule has 7 heteroatoms. The van der Waals surface area contributed by atoms with Crippen LogP contribution in [0.4, 0.5) is 13.2 Å². The largest absolute Gasteiger partial charge is 0.496 e. The number of alkyl halides is 4. The van der Waals surface area contributed by atoms with Crippen LogP contribution in [-0.4, -0.2) is 29.3 Å². The third-order valence-corrected chi connectivity index (χ3v) is 2.87. The molecule has 1 rings (SSSR count). The molecule has 1 aromatic rings. The fraction of sp³-hybridized carbons (Fsp3) is 0.500. The smallest absolute Gasteiger partial charge is 0.416 e. The zero-order valence-corrected chi connectivity index (χ0v) is 10.9. The molecular weight excluding hydrogens is 285 g/mol. The number of aliphatic hydroxyl groups excluding tert-OH is 2. The Morgan fingerprint density at radius 3 is 2.42 bits per heavy atom. The summed E-state index contributed by atoms with van der Waals surface area (Å²) in [6.07, 6.45) is -6.89. The monoisotopic (exact) mass is 298 g/mol. The minimum atomic E-state index is -4.49. The Kier molecular flexibility index (Phi) is 5.46. The Bertz CT molecular complexity index is 423. The van der Waals surface area contributed by atoms with Crippen LogP contribution in [0.2, 0.25) is 0 Å². The Labute approximate surface area is 113 Å². The first kappa shape index (κ1) is 16.1. The van der Waals surface area contributed by atoms with Gasteiger partial charge < -0.3 is 14.9 Å². The predicted octanol–water partition coefficient (Wildman–Crippen LogP) is 2.74. The van der Waals surface area contributed by atoms with E-state index in [9.17, 15) is 23.4 Å². The molecular formula is C12H14ClF3O3. The van der Waals surface area contributed by atoms with Crippen molar-refractivity contribution in [3.63, 3.8) is 0 Å². The lowest BCUT2D eigenvalue weighted by Crippen LogP contribution is -2.19. The van der Waals surface area contributed by atoms with Crippen molar-refractivity contribution in [1.82, 2.24) is 0 Å². The highest BCUT2D eigenvalue weighted by Gasteiger charge is 2.32. The molecule has 0 amide bonds. The lowest BCUT2D eigenvalue weighted by Gasteiger charge is -2.20. The second-order valence-electron chi connectivity index (χ2n) is 3.94. The third kappa shape index (κ3) is 3.99. The highest BCUT2D eigenvalue weighted by atomic mass is 35.5. The van der Waals surface area contributed by atoms with Crippen LogP contribution in [0.25, 0.3) is 0 Å². The quantitative estimate of drug-likeness (QED) is 0.822. The summed E-state index contributed by atoms with van der Waals surface area (Å²) < 4.78 is 42.4. The Balaban J connectivity index is 3.09. The number of hydrogen-bond donors (Lipinski definition) is 2. The van der Waals surface area contributed by atoms with E-state index in [0.717, 1.165) is 18.2 Å². The molecule has 0 aliphatic rings. The number of halogens is 4. The molecule has 19 heavy (non-hydrogen) atoms. The number of rotatable bonds is 5. The Morgan fingerprint density at radius 1 is 1.32 bits per heavy atom. The van der Waals surface area contributed by atoms with Crippen LogP contribution in [0.5, 0.6) is 5.75 Å². The maximum atomic E-state index is 12.5. The van der Waals surface area contributed by atoms with Gasteiger partial charge in [-0.25, -0.2) is 0 Å². The van der Waals surface area contributed by atoms with Crippen LogP contribution in [0.15, 0.2) is 18.2 Å². The van der Waals surface area contributed by atoms with Gasteiger partial charge in [-0.15, -0.1) is 11.6 Å². The molecule has 0 spiro atoms. The Morgan fingerprint density at radius 2 is 1.95 bits per heavy atom. The summed E-state index contributed by atoms with van der Waals surface area (Å²) in [6.45, 7) is 0. The number of aliphatic hydroxyl groups is 2. The van der Waals surface area contributed by atoms with Crippen molar-refractivity contribution in [3.8, 4) is 5.75 Å². The highest BCUT2D eigenvalue weighted by Crippen LogP contribution is 2.36. The average Bonchev–Trinajstić information content (AvgIpc) is 2.36. The molecule has 0 heterocycles. The minimum absolute atomic E-state index is 0.0908. The van der Waals surface area contributed by atoms with Crippen molar-refractivity contribution in [2.45, 2.75) is 24.8 Å². The van der Waals surface area contributed by atoms with Crippen LogP contribution in [-0.2, 0) is 6.18 Å². The topological polar surface area (TPSA) is 49.7 Å². The second-order valence-corrected chi connectivity index (χ2v) is 4.32. The molecule has 2 unspecified atom stereocenters. The molecule has 0 aliphatic heterocycles. The summed E-state index contributed by atoms with van der Waals surface area (Å²) in [6, 6.07) is 2.70. The first-order chi connectivity index (χ1) is 8.81. The van der Waals surface area contributed by atoms with Crippen LogP contribution < -0.4 is 4.74 Å². The lowest BCUT2D eigenvalue weighted by atomic mass is 10.00. The average molecular weight is 299 g/mol. The summed E-state index contributed by atoms with van der Waals surface area (Å²) in [5.74, 6) is -0.00258. The number of methoxy groups -OCH3 is 1. The van der Waals surface area contributed by atoms with Gasteiger partial charge in [-0.05, 0) is 18.6 Å². The SMILES string of the molecule is COc1cc(C(F)(F)F)ccc1C(O)C(O)CCCl. The fourth-order valence-electron chi connectivity index (χ4n) is 1.61. The summed E-state index contributed by atoms with van der Waals surface area (Å²) in [7, 11) is 1.19. The van der Waals surface area contributed by atoms with Crippen molar-refractivity contribution >= 4 is 11.6 Å². The number of ether oxygens (including phenoxy) is 1. The zero-order valence-electron chi connectivity index (χ0n) is 10.1. The molecule has 1 aromatic carbocycles. The molecule has 0 fully saturated rings. The summed E-state index contributed by atoms with van der Waals surface area (Å²) >= 11 is 5.44. The molecule has 0 bridgehead atoms. The summed E-state index contributed by atoms with van der Waals surface area (Å²) in [4.78, 5) is 0. The van der Waals surface area contributed by atoms with Crippen LogP contribution in [0.1, 0.15) is 23.7 Å². The van der Waals surface area contributed by atoms with Gasteiger partial charge in [-0.1, -0.05) is 6.07 Å². The van der Waals surface area contributed by atoms with Crippen LogP contribution in [0, 0.1) is 0 Å². The van der Waals surface area contributed by atoms with Gasteiger partial charge in [0.15, 0.2) is 0 Å². The Hall–Kier alpha value is -0.980. The molecule has 0 saturated heterocycles. The van der Waals surface area contributed by atoms with Gasteiger partial charge in [0, 0.05) is 11.4 Å². The molecule has 108 valence electrons. The van der Waals surface area contributed by atoms with E-state index in [1.807, 2.05) is 0 Å². The summed E-state index contributed by atoms with van der Waals surface area (Å²) in [5, 5.41) is 19.5. The second kappa shape index (κ2) is 6.45. The maximum Gasteiger partial charge on any atom is 0.416 e.